The molecular weight excluding hydrogens is 494 g/mol. The lowest BCUT2D eigenvalue weighted by atomic mass is 9.89. The fourth-order valence-corrected chi connectivity index (χ4v) is 6.15. The van der Waals surface area contributed by atoms with E-state index in [-0.39, 0.29) is 30.4 Å². The van der Waals surface area contributed by atoms with Crippen LogP contribution in [0.4, 0.5) is 0 Å². The molecule has 0 bridgehead atoms. The molecule has 3 fully saturated rings. The molecule has 1 N–H and O–H groups in total. The number of hydrogen-bond acceptors (Lipinski definition) is 6. The first-order valence-electron chi connectivity index (χ1n) is 13.1. The van der Waals surface area contributed by atoms with E-state index < -0.39 is 11.9 Å². The highest BCUT2D eigenvalue weighted by Gasteiger charge is 2.41. The Balaban J connectivity index is 1.09. The van der Waals surface area contributed by atoms with Crippen LogP contribution >= 0.6 is 11.6 Å². The van der Waals surface area contributed by atoms with Gasteiger partial charge in [0.15, 0.2) is 0 Å². The molecule has 2 aromatic rings. The van der Waals surface area contributed by atoms with Crippen molar-refractivity contribution in [3.63, 3.8) is 0 Å². The first-order valence-corrected chi connectivity index (χ1v) is 13.4. The van der Waals surface area contributed by atoms with Gasteiger partial charge in [0.05, 0.1) is 5.02 Å². The number of fused-ring (bicyclic) bond motifs is 1. The van der Waals surface area contributed by atoms with E-state index in [0.29, 0.717) is 29.6 Å². The zero-order valence-corrected chi connectivity index (χ0v) is 21.3. The molecule has 3 unspecified atom stereocenters. The van der Waals surface area contributed by atoms with Crippen LogP contribution in [0.25, 0.3) is 0 Å². The number of likely N-dealkylation sites (tertiary alicyclic amines) is 1. The maximum Gasteiger partial charge on any atom is 0.255 e. The van der Waals surface area contributed by atoms with E-state index in [0.717, 1.165) is 49.4 Å². The highest BCUT2D eigenvalue weighted by molar-refractivity contribution is 6.32. The largest absolute Gasteiger partial charge is 0.489 e. The smallest absolute Gasteiger partial charge is 0.255 e. The average molecular weight is 524 g/mol. The Morgan fingerprint density at radius 1 is 0.946 bits per heavy atom. The summed E-state index contributed by atoms with van der Waals surface area (Å²) in [5.74, 6) is 0.622. The van der Waals surface area contributed by atoms with Crippen molar-refractivity contribution in [2.24, 2.45) is 0 Å². The summed E-state index contributed by atoms with van der Waals surface area (Å²) in [4.78, 5) is 40.8. The number of piperidine rings is 1. The number of halogens is 1. The first-order chi connectivity index (χ1) is 18.0. The Morgan fingerprint density at radius 2 is 1.76 bits per heavy atom. The quantitative estimate of drug-likeness (QED) is 0.583. The number of hydrogen-bond donors (Lipinski definition) is 1. The summed E-state index contributed by atoms with van der Waals surface area (Å²) in [7, 11) is 0. The number of ether oxygens (including phenoxy) is 2. The van der Waals surface area contributed by atoms with Gasteiger partial charge in [-0.3, -0.25) is 24.6 Å². The van der Waals surface area contributed by atoms with Gasteiger partial charge in [-0.25, -0.2) is 0 Å². The van der Waals surface area contributed by atoms with Crippen molar-refractivity contribution in [1.29, 1.82) is 0 Å². The van der Waals surface area contributed by atoms with Crippen LogP contribution in [0.2, 0.25) is 5.02 Å². The van der Waals surface area contributed by atoms with Crippen molar-refractivity contribution in [3.8, 4) is 11.5 Å². The lowest BCUT2D eigenvalue weighted by Crippen LogP contribution is -2.62. The van der Waals surface area contributed by atoms with Gasteiger partial charge in [-0.05, 0) is 61.6 Å². The number of carbonyl (C=O) groups excluding carboxylic acids is 3. The molecule has 2 saturated heterocycles. The normalized spacial score (nSPS) is 26.5. The standard InChI is InChI=1S/C28H30ClN3O5/c29-21-5-1-3-7-24(21)37-19-15-31(16-19)22-6-2-4-8-25(22)36-18-9-10-20-17(13-18)14-32(28(20)35)23-11-12-26(33)30-27(23)34/h1,3,5,7,9-10,13,19,22-23,25H,2,4,6,8,11-12,14-16H2,(H,30,33,34). The summed E-state index contributed by atoms with van der Waals surface area (Å²) >= 11 is 6.25. The molecule has 37 heavy (non-hydrogen) atoms. The second-order valence-electron chi connectivity index (χ2n) is 10.4. The third-order valence-corrected chi connectivity index (χ3v) is 8.24. The highest BCUT2D eigenvalue weighted by atomic mass is 35.5. The number of nitrogens with zero attached hydrogens (tertiary/aromatic N) is 2. The van der Waals surface area contributed by atoms with E-state index in [2.05, 4.69) is 10.2 Å². The van der Waals surface area contributed by atoms with Gasteiger partial charge in [-0.1, -0.05) is 30.2 Å². The average Bonchev–Trinajstić information content (AvgIpc) is 3.18. The zero-order valence-electron chi connectivity index (χ0n) is 20.5. The molecule has 9 heteroatoms. The molecule has 4 aliphatic rings. The molecule has 1 saturated carbocycles. The van der Waals surface area contributed by atoms with Crippen LogP contribution in [-0.2, 0) is 16.1 Å². The van der Waals surface area contributed by atoms with Gasteiger partial charge in [-0.15, -0.1) is 0 Å². The Hall–Kier alpha value is -3.10. The summed E-state index contributed by atoms with van der Waals surface area (Å²) in [6.07, 6.45) is 5.15. The van der Waals surface area contributed by atoms with Crippen molar-refractivity contribution in [1.82, 2.24) is 15.1 Å². The van der Waals surface area contributed by atoms with Crippen molar-refractivity contribution in [3.05, 3.63) is 58.6 Å². The van der Waals surface area contributed by atoms with Crippen LogP contribution in [0.5, 0.6) is 11.5 Å². The molecule has 6 rings (SSSR count). The third kappa shape index (κ3) is 4.80. The van der Waals surface area contributed by atoms with Gasteiger partial charge in [0.1, 0.15) is 29.7 Å². The van der Waals surface area contributed by atoms with Crippen molar-refractivity contribution >= 4 is 29.3 Å². The summed E-state index contributed by atoms with van der Waals surface area (Å²) < 4.78 is 12.6. The molecular formula is C28H30ClN3O5. The number of para-hydroxylation sites is 1. The van der Waals surface area contributed by atoms with Gasteiger partial charge in [0.25, 0.3) is 5.91 Å². The van der Waals surface area contributed by atoms with Crippen LogP contribution in [0.3, 0.4) is 0 Å². The fourth-order valence-electron chi connectivity index (χ4n) is 5.97. The second-order valence-corrected chi connectivity index (χ2v) is 10.8. The van der Waals surface area contributed by atoms with E-state index in [1.54, 1.807) is 11.0 Å². The van der Waals surface area contributed by atoms with Crippen LogP contribution in [-0.4, -0.2) is 64.9 Å². The molecule has 194 valence electrons. The van der Waals surface area contributed by atoms with Crippen LogP contribution in [0.1, 0.15) is 54.4 Å². The van der Waals surface area contributed by atoms with Gasteiger partial charge < -0.3 is 14.4 Å². The van der Waals surface area contributed by atoms with E-state index in [4.69, 9.17) is 21.1 Å². The molecule has 3 atom stereocenters. The molecule has 8 nitrogen and oxygen atoms in total. The molecule has 3 aliphatic heterocycles. The Morgan fingerprint density at radius 3 is 2.57 bits per heavy atom. The molecule has 0 radical (unpaired) electrons. The maximum atomic E-state index is 13.0. The number of rotatable bonds is 6. The number of imide groups is 1. The molecule has 3 heterocycles. The second kappa shape index (κ2) is 9.99. The zero-order chi connectivity index (χ0) is 25.5. The van der Waals surface area contributed by atoms with E-state index in [1.807, 2.05) is 36.4 Å². The number of carbonyl (C=O) groups is 3. The maximum absolute atomic E-state index is 13.0. The third-order valence-electron chi connectivity index (χ3n) is 7.93. The highest BCUT2D eigenvalue weighted by Crippen LogP contribution is 2.35. The minimum atomic E-state index is -0.614. The summed E-state index contributed by atoms with van der Waals surface area (Å²) in [5, 5.41) is 2.98. The Kier molecular flexibility index (Phi) is 6.55. The lowest BCUT2D eigenvalue weighted by Gasteiger charge is -2.47. The van der Waals surface area contributed by atoms with Crippen LogP contribution in [0, 0.1) is 0 Å². The van der Waals surface area contributed by atoms with Gasteiger partial charge in [-0.2, -0.15) is 0 Å². The molecule has 0 aromatic heterocycles. The van der Waals surface area contributed by atoms with Crippen LogP contribution in [0.15, 0.2) is 42.5 Å². The van der Waals surface area contributed by atoms with Gasteiger partial charge >= 0.3 is 0 Å². The predicted octanol–water partition coefficient (Wildman–Crippen LogP) is 3.55. The molecule has 2 aromatic carbocycles. The SMILES string of the molecule is O=C1CCC(N2Cc3cc(OC4CCCCC4N4CC(Oc5ccccc5Cl)C4)ccc3C2=O)C(=O)N1. The number of benzene rings is 2. The van der Waals surface area contributed by atoms with Crippen molar-refractivity contribution in [2.75, 3.05) is 13.1 Å². The van der Waals surface area contributed by atoms with Crippen LogP contribution < -0.4 is 14.8 Å². The first kappa shape index (κ1) is 24.2. The lowest BCUT2D eigenvalue weighted by molar-refractivity contribution is -0.136. The minimum absolute atomic E-state index is 0.0661. The molecule has 0 spiro atoms. The predicted molar refractivity (Wildman–Crippen MR) is 137 cm³/mol. The fraction of sp³-hybridized carbons (Fsp3) is 0.464. The summed E-state index contributed by atoms with van der Waals surface area (Å²) in [6.45, 7) is 2.03. The van der Waals surface area contributed by atoms with E-state index in [1.165, 1.54) is 6.42 Å². The van der Waals surface area contributed by atoms with Crippen molar-refractivity contribution in [2.45, 2.75) is 69.4 Å². The van der Waals surface area contributed by atoms with E-state index in [9.17, 15) is 14.4 Å². The monoisotopic (exact) mass is 523 g/mol. The van der Waals surface area contributed by atoms with Gasteiger partial charge in [0.2, 0.25) is 11.8 Å². The Labute approximate surface area is 220 Å². The van der Waals surface area contributed by atoms with E-state index >= 15 is 0 Å². The Bertz CT molecular complexity index is 1230. The minimum Gasteiger partial charge on any atom is -0.489 e. The van der Waals surface area contributed by atoms with Crippen molar-refractivity contribution < 1.29 is 23.9 Å². The molecule has 3 amide bonds. The summed E-state index contributed by atoms with van der Waals surface area (Å²) in [5.41, 5.74) is 1.45. The number of nitrogens with one attached hydrogen (secondary N) is 1. The van der Waals surface area contributed by atoms with Gasteiger partial charge in [0, 0.05) is 37.7 Å². The number of amides is 3. The molecule has 1 aliphatic carbocycles. The summed E-state index contributed by atoms with van der Waals surface area (Å²) in [6, 6.07) is 12.9. The topological polar surface area (TPSA) is 88.2 Å².